The van der Waals surface area contributed by atoms with Crippen LogP contribution in [0.1, 0.15) is 138 Å². The summed E-state index contributed by atoms with van der Waals surface area (Å²) in [6, 6.07) is 8.48. The summed E-state index contributed by atoms with van der Waals surface area (Å²) in [6.07, 6.45) is 14.6. The molecule has 0 aromatic heterocycles. The van der Waals surface area contributed by atoms with Crippen molar-refractivity contribution in [2.75, 3.05) is 13.2 Å². The highest BCUT2D eigenvalue weighted by Gasteiger charge is 2.34. The SMILES string of the molecule is CC(=O)OCCCc1cc(Cc2cc(CCCOC(C)=O)cc(C3(C)CCCCC3)c2O)c(O)c(C2(C)CCCCC2)c1. The summed E-state index contributed by atoms with van der Waals surface area (Å²) in [4.78, 5) is 22.6. The van der Waals surface area contributed by atoms with Gasteiger partial charge in [0.25, 0.3) is 0 Å². The van der Waals surface area contributed by atoms with E-state index < -0.39 is 0 Å². The van der Waals surface area contributed by atoms with Gasteiger partial charge < -0.3 is 19.7 Å². The van der Waals surface area contributed by atoms with Gasteiger partial charge in [0.1, 0.15) is 11.5 Å². The maximum absolute atomic E-state index is 11.8. The molecule has 6 heteroatoms. The molecule has 2 N–H and O–H groups in total. The number of hydrogen-bond donors (Lipinski definition) is 2. The maximum Gasteiger partial charge on any atom is 0.302 e. The van der Waals surface area contributed by atoms with Crippen LogP contribution in [0.25, 0.3) is 0 Å². The molecule has 0 atom stereocenters. The fraction of sp³-hybridized carbons (Fsp3) is 0.622. The van der Waals surface area contributed by atoms with Crippen molar-refractivity contribution in [2.24, 2.45) is 0 Å². The van der Waals surface area contributed by atoms with Crippen LogP contribution in [0.2, 0.25) is 0 Å². The Morgan fingerprint density at radius 1 is 0.651 bits per heavy atom. The number of rotatable bonds is 12. The van der Waals surface area contributed by atoms with E-state index in [9.17, 15) is 19.8 Å². The number of hydrogen-bond acceptors (Lipinski definition) is 6. The van der Waals surface area contributed by atoms with Crippen molar-refractivity contribution in [3.05, 3.63) is 57.6 Å². The number of benzene rings is 2. The number of phenolic OH excluding ortho intramolecular Hbond substituents is 2. The van der Waals surface area contributed by atoms with E-state index in [0.717, 1.165) is 97.6 Å². The zero-order chi connectivity index (χ0) is 31.0. The molecular weight excluding hydrogens is 540 g/mol. The summed E-state index contributed by atoms with van der Waals surface area (Å²) < 4.78 is 10.4. The number of aryl methyl sites for hydroxylation is 2. The molecule has 0 saturated heterocycles. The summed E-state index contributed by atoms with van der Waals surface area (Å²) in [7, 11) is 0. The van der Waals surface area contributed by atoms with Gasteiger partial charge >= 0.3 is 11.9 Å². The smallest absolute Gasteiger partial charge is 0.302 e. The van der Waals surface area contributed by atoms with E-state index in [0.29, 0.717) is 44.0 Å². The number of phenols is 2. The second-order valence-corrected chi connectivity index (χ2v) is 13.6. The second-order valence-electron chi connectivity index (χ2n) is 13.6. The third kappa shape index (κ3) is 8.55. The number of aromatic hydroxyl groups is 2. The Morgan fingerprint density at radius 2 is 1.02 bits per heavy atom. The topological polar surface area (TPSA) is 93.1 Å². The van der Waals surface area contributed by atoms with Crippen LogP contribution in [-0.2, 0) is 49.2 Å². The highest BCUT2D eigenvalue weighted by Crippen LogP contribution is 2.47. The molecule has 43 heavy (non-hydrogen) atoms. The van der Waals surface area contributed by atoms with E-state index in [-0.39, 0.29) is 22.8 Å². The van der Waals surface area contributed by atoms with Crippen LogP contribution >= 0.6 is 0 Å². The molecule has 236 valence electrons. The van der Waals surface area contributed by atoms with Gasteiger partial charge in [0.2, 0.25) is 0 Å². The van der Waals surface area contributed by atoms with E-state index in [4.69, 9.17) is 9.47 Å². The predicted molar refractivity (Wildman–Crippen MR) is 170 cm³/mol. The first-order valence-electron chi connectivity index (χ1n) is 16.5. The Bertz CT molecular complexity index is 1170. The third-order valence-corrected chi connectivity index (χ3v) is 9.92. The lowest BCUT2D eigenvalue weighted by atomic mass is 9.69. The highest BCUT2D eigenvalue weighted by atomic mass is 16.5. The molecular formula is C37H52O6. The van der Waals surface area contributed by atoms with Gasteiger partial charge in [0.05, 0.1) is 13.2 Å². The predicted octanol–water partition coefficient (Wildman–Crippen LogP) is 8.12. The molecule has 2 aromatic carbocycles. The van der Waals surface area contributed by atoms with Crippen LogP contribution in [0.15, 0.2) is 24.3 Å². The molecule has 0 heterocycles. The van der Waals surface area contributed by atoms with Gasteiger partial charge in [0, 0.05) is 31.4 Å². The van der Waals surface area contributed by atoms with Crippen LogP contribution in [0.5, 0.6) is 11.5 Å². The standard InChI is InChI=1S/C37H52O6/c1-26(38)42-19-11-13-28-21-30(34(40)32(23-28)36(3)15-7-5-8-16-36)25-31-22-29(14-12-20-43-27(2)39)24-33(35(31)41)37(4)17-9-6-10-18-37/h21-24,40-41H,5-20,25H2,1-4H3. The van der Waals surface area contributed by atoms with Crippen molar-refractivity contribution >= 4 is 11.9 Å². The monoisotopic (exact) mass is 592 g/mol. The molecule has 6 nitrogen and oxygen atoms in total. The first kappa shape index (κ1) is 32.9. The minimum Gasteiger partial charge on any atom is -0.507 e. The molecule has 0 aliphatic heterocycles. The van der Waals surface area contributed by atoms with Gasteiger partial charge in [-0.15, -0.1) is 0 Å². The molecule has 2 aromatic rings. The fourth-order valence-corrected chi connectivity index (χ4v) is 7.39. The van der Waals surface area contributed by atoms with Crippen molar-refractivity contribution in [1.82, 2.24) is 0 Å². The Labute approximate surface area is 258 Å². The summed E-state index contributed by atoms with van der Waals surface area (Å²) >= 11 is 0. The first-order chi connectivity index (χ1) is 20.5. The fourth-order valence-electron chi connectivity index (χ4n) is 7.39. The molecule has 0 unspecified atom stereocenters. The van der Waals surface area contributed by atoms with Crippen molar-refractivity contribution < 1.29 is 29.3 Å². The van der Waals surface area contributed by atoms with Gasteiger partial charge in [-0.1, -0.05) is 76.6 Å². The van der Waals surface area contributed by atoms with Crippen molar-refractivity contribution in [3.63, 3.8) is 0 Å². The lowest BCUT2D eigenvalue weighted by Gasteiger charge is -2.36. The molecule has 0 spiro atoms. The normalized spacial score (nSPS) is 17.8. The van der Waals surface area contributed by atoms with Crippen molar-refractivity contribution in [2.45, 2.75) is 135 Å². The van der Waals surface area contributed by atoms with Crippen LogP contribution in [0.4, 0.5) is 0 Å². The van der Waals surface area contributed by atoms with E-state index in [1.807, 2.05) is 0 Å². The highest BCUT2D eigenvalue weighted by molar-refractivity contribution is 5.66. The molecule has 2 aliphatic rings. The quantitative estimate of drug-likeness (QED) is 0.191. The lowest BCUT2D eigenvalue weighted by molar-refractivity contribution is -0.142. The maximum atomic E-state index is 11.8. The minimum absolute atomic E-state index is 0.0929. The van der Waals surface area contributed by atoms with E-state index in [2.05, 4.69) is 38.1 Å². The van der Waals surface area contributed by atoms with Crippen molar-refractivity contribution in [1.29, 1.82) is 0 Å². The summed E-state index contributed by atoms with van der Waals surface area (Å²) in [6.45, 7) is 8.15. The Balaban J connectivity index is 1.72. The summed E-state index contributed by atoms with van der Waals surface area (Å²) in [5.74, 6) is 0.149. The molecule has 4 rings (SSSR count). The Kier molecular flexibility index (Phi) is 11.2. The third-order valence-electron chi connectivity index (χ3n) is 9.92. The largest absolute Gasteiger partial charge is 0.507 e. The molecule has 0 amide bonds. The van der Waals surface area contributed by atoms with E-state index in [1.54, 1.807) is 0 Å². The second kappa shape index (κ2) is 14.6. The van der Waals surface area contributed by atoms with E-state index >= 15 is 0 Å². The van der Waals surface area contributed by atoms with Gasteiger partial charge in [0.15, 0.2) is 0 Å². The average Bonchev–Trinajstić information content (AvgIpc) is 2.96. The van der Waals surface area contributed by atoms with Gasteiger partial charge in [-0.2, -0.15) is 0 Å². The molecule has 0 radical (unpaired) electrons. The molecule has 2 aliphatic carbocycles. The summed E-state index contributed by atoms with van der Waals surface area (Å²) in [5.41, 5.74) is 5.73. The van der Waals surface area contributed by atoms with Gasteiger partial charge in [-0.05, 0) is 84.5 Å². The van der Waals surface area contributed by atoms with Crippen LogP contribution in [0, 0.1) is 0 Å². The zero-order valence-electron chi connectivity index (χ0n) is 26.9. The van der Waals surface area contributed by atoms with Crippen LogP contribution in [-0.4, -0.2) is 35.4 Å². The minimum atomic E-state index is -0.271. The Hall–Kier alpha value is -3.02. The van der Waals surface area contributed by atoms with Crippen molar-refractivity contribution in [3.8, 4) is 11.5 Å². The van der Waals surface area contributed by atoms with Gasteiger partial charge in [-0.3, -0.25) is 9.59 Å². The zero-order valence-corrected chi connectivity index (χ0v) is 26.9. The van der Waals surface area contributed by atoms with Gasteiger partial charge in [-0.25, -0.2) is 0 Å². The molecule has 0 bridgehead atoms. The van der Waals surface area contributed by atoms with E-state index in [1.165, 1.54) is 26.7 Å². The number of carbonyl (C=O) groups excluding carboxylic acids is 2. The lowest BCUT2D eigenvalue weighted by Crippen LogP contribution is -2.26. The number of carbonyl (C=O) groups is 2. The number of ether oxygens (including phenoxy) is 2. The molecule has 2 saturated carbocycles. The number of esters is 2. The summed E-state index contributed by atoms with van der Waals surface area (Å²) in [5, 5.41) is 23.6. The van der Waals surface area contributed by atoms with Crippen LogP contribution < -0.4 is 0 Å². The molecule has 2 fully saturated rings. The average molecular weight is 593 g/mol. The van der Waals surface area contributed by atoms with Crippen LogP contribution in [0.3, 0.4) is 0 Å². The first-order valence-corrected chi connectivity index (χ1v) is 16.5. The Morgan fingerprint density at radius 3 is 1.37 bits per heavy atom.